The minimum atomic E-state index is -3.34. The maximum absolute atomic E-state index is 11.9. The number of aliphatic hydroxyl groups is 1. The number of fused-ring (bicyclic) bond motifs is 1. The average molecular weight is 356 g/mol. The van der Waals surface area contributed by atoms with Crippen molar-refractivity contribution in [2.75, 3.05) is 11.5 Å². The van der Waals surface area contributed by atoms with E-state index in [0.29, 0.717) is 36.0 Å². The van der Waals surface area contributed by atoms with E-state index >= 15 is 0 Å². The van der Waals surface area contributed by atoms with Gasteiger partial charge in [0.1, 0.15) is 0 Å². The van der Waals surface area contributed by atoms with Crippen molar-refractivity contribution >= 4 is 9.84 Å². The summed E-state index contributed by atoms with van der Waals surface area (Å²) in [5, 5.41) is 30.6. The van der Waals surface area contributed by atoms with E-state index in [1.807, 2.05) is 0 Å². The summed E-state index contributed by atoms with van der Waals surface area (Å²) >= 11 is 0. The van der Waals surface area contributed by atoms with Crippen LogP contribution >= 0.6 is 0 Å². The van der Waals surface area contributed by atoms with Gasteiger partial charge in [0, 0.05) is 11.3 Å². The molecule has 0 radical (unpaired) electrons. The fourth-order valence-electron chi connectivity index (χ4n) is 3.41. The lowest BCUT2D eigenvalue weighted by molar-refractivity contribution is 0.0140. The van der Waals surface area contributed by atoms with Gasteiger partial charge in [-0.1, -0.05) is 6.92 Å². The van der Waals surface area contributed by atoms with E-state index in [9.17, 15) is 28.5 Å². The topological polar surface area (TPSA) is 112 Å². The summed E-state index contributed by atoms with van der Waals surface area (Å²) in [6, 6.07) is 1.26. The molecule has 3 N–H and O–H groups in total. The molecular weight excluding hydrogens is 332 g/mol. The summed E-state index contributed by atoms with van der Waals surface area (Å²) in [6.07, 6.45) is 1.16. The third-order valence-electron chi connectivity index (χ3n) is 4.96. The van der Waals surface area contributed by atoms with Crippen LogP contribution in [0, 0.1) is 12.8 Å². The van der Waals surface area contributed by atoms with Crippen LogP contribution in [0.15, 0.2) is 10.9 Å². The number of aromatic hydroxyl groups is 2. The first kappa shape index (κ1) is 18.7. The van der Waals surface area contributed by atoms with Crippen molar-refractivity contribution in [3.05, 3.63) is 33.0 Å². The van der Waals surface area contributed by atoms with Gasteiger partial charge in [0.15, 0.2) is 15.6 Å². The zero-order chi connectivity index (χ0) is 18.3. The van der Waals surface area contributed by atoms with E-state index in [0.717, 1.165) is 0 Å². The summed E-state index contributed by atoms with van der Waals surface area (Å²) < 4.78 is 23.8. The molecule has 0 saturated carbocycles. The molecule has 0 spiro atoms. The highest BCUT2D eigenvalue weighted by Gasteiger charge is 2.38. The second kappa shape index (κ2) is 6.37. The van der Waals surface area contributed by atoms with Crippen LogP contribution in [0.2, 0.25) is 0 Å². The molecule has 1 unspecified atom stereocenters. The maximum Gasteiger partial charge on any atom is 0.224 e. The Morgan fingerprint density at radius 3 is 2.46 bits per heavy atom. The van der Waals surface area contributed by atoms with Crippen LogP contribution in [-0.4, -0.2) is 40.8 Å². The Hall–Kier alpha value is -1.60. The lowest BCUT2D eigenvalue weighted by Crippen LogP contribution is -2.44. The fraction of sp³-hybridized carbons (Fsp3) is 0.588. The van der Waals surface area contributed by atoms with E-state index in [-0.39, 0.29) is 17.4 Å². The van der Waals surface area contributed by atoms with Crippen LogP contribution in [0.5, 0.6) is 11.5 Å². The Morgan fingerprint density at radius 1 is 1.25 bits per heavy atom. The monoisotopic (exact) mass is 356 g/mol. The number of rotatable bonds is 4. The zero-order valence-electron chi connectivity index (χ0n) is 14.2. The smallest absolute Gasteiger partial charge is 0.224 e. The number of hydrogen-bond acceptors (Lipinski definition) is 6. The van der Waals surface area contributed by atoms with Crippen LogP contribution in [0.1, 0.15) is 37.0 Å². The van der Waals surface area contributed by atoms with E-state index < -0.39 is 32.4 Å². The molecule has 0 aliphatic heterocycles. The van der Waals surface area contributed by atoms with E-state index in [1.54, 1.807) is 13.8 Å². The first-order chi connectivity index (χ1) is 11.0. The highest BCUT2D eigenvalue weighted by Crippen LogP contribution is 2.39. The van der Waals surface area contributed by atoms with Gasteiger partial charge in [-0.05, 0) is 56.2 Å². The molecule has 24 heavy (non-hydrogen) atoms. The second-order valence-corrected chi connectivity index (χ2v) is 9.17. The van der Waals surface area contributed by atoms with Crippen LogP contribution in [0.25, 0.3) is 0 Å². The number of aryl methyl sites for hydroxylation is 1. The quantitative estimate of drug-likeness (QED) is 0.744. The first-order valence-electron chi connectivity index (χ1n) is 7.99. The fourth-order valence-corrected chi connectivity index (χ4v) is 4.74. The Kier molecular flexibility index (Phi) is 4.97. The molecule has 2 rings (SSSR count). The van der Waals surface area contributed by atoms with Crippen molar-refractivity contribution in [1.82, 2.24) is 0 Å². The maximum atomic E-state index is 11.9. The third kappa shape index (κ3) is 3.57. The highest BCUT2D eigenvalue weighted by atomic mass is 32.2. The van der Waals surface area contributed by atoms with Gasteiger partial charge in [-0.3, -0.25) is 4.79 Å². The zero-order valence-corrected chi connectivity index (χ0v) is 15.0. The van der Waals surface area contributed by atoms with Gasteiger partial charge in [0.2, 0.25) is 11.2 Å². The summed E-state index contributed by atoms with van der Waals surface area (Å²) in [6.45, 7) is 4.77. The molecule has 1 aromatic rings. The molecule has 1 aliphatic rings. The van der Waals surface area contributed by atoms with Crippen LogP contribution in [-0.2, 0) is 22.7 Å². The van der Waals surface area contributed by atoms with E-state index in [1.165, 1.54) is 13.0 Å². The van der Waals surface area contributed by atoms with Crippen molar-refractivity contribution in [1.29, 1.82) is 0 Å². The Morgan fingerprint density at radius 2 is 1.88 bits per heavy atom. The molecule has 0 aromatic heterocycles. The summed E-state index contributed by atoms with van der Waals surface area (Å²) in [7, 11) is -3.34. The average Bonchev–Trinajstić information content (AvgIpc) is 2.58. The van der Waals surface area contributed by atoms with Gasteiger partial charge >= 0.3 is 0 Å². The molecule has 0 saturated heterocycles. The number of hydrogen-bond donors (Lipinski definition) is 3. The molecule has 6 nitrogen and oxygen atoms in total. The van der Waals surface area contributed by atoms with Crippen molar-refractivity contribution in [3.8, 4) is 11.5 Å². The van der Waals surface area contributed by atoms with Gasteiger partial charge in [0.25, 0.3) is 0 Å². The molecule has 1 aliphatic carbocycles. The van der Waals surface area contributed by atoms with Crippen LogP contribution < -0.4 is 5.43 Å². The Bertz CT molecular complexity index is 811. The number of sulfone groups is 1. The normalized spacial score (nSPS) is 20.2. The molecule has 7 heteroatoms. The van der Waals surface area contributed by atoms with Gasteiger partial charge in [-0.2, -0.15) is 0 Å². The second-order valence-electron chi connectivity index (χ2n) is 6.82. The molecule has 134 valence electrons. The molecule has 0 fully saturated rings. The largest absolute Gasteiger partial charge is 0.504 e. The third-order valence-corrected chi connectivity index (χ3v) is 6.86. The van der Waals surface area contributed by atoms with Gasteiger partial charge < -0.3 is 15.3 Å². The Labute approximate surface area is 141 Å². The molecular formula is C17H24O6S. The minimum absolute atomic E-state index is 0.0331. The summed E-state index contributed by atoms with van der Waals surface area (Å²) in [5.74, 6) is -1.75. The molecule has 2 atom stereocenters. The first-order valence-corrected chi connectivity index (χ1v) is 9.81. The highest BCUT2D eigenvalue weighted by molar-refractivity contribution is 7.91. The minimum Gasteiger partial charge on any atom is -0.504 e. The van der Waals surface area contributed by atoms with E-state index in [2.05, 4.69) is 0 Å². The standard InChI is InChI=1S/C17H24O6S/c1-4-24(22,23)9-17(3,21)11-5-6-12-13(8-11)10(2)7-14(18)16(20)15(12)19/h7,11,21H,4-6,8-9H2,1-3H3,(H2,18,19,20)/t11-,17?/m0/s1. The summed E-state index contributed by atoms with van der Waals surface area (Å²) in [4.78, 5) is 11.8. The molecule has 0 bridgehead atoms. The van der Waals surface area contributed by atoms with Gasteiger partial charge in [-0.15, -0.1) is 0 Å². The summed E-state index contributed by atoms with van der Waals surface area (Å²) in [5.41, 5.74) is -0.251. The predicted molar refractivity (Wildman–Crippen MR) is 91.2 cm³/mol. The molecule has 0 amide bonds. The van der Waals surface area contributed by atoms with Crippen molar-refractivity contribution < 1.29 is 23.7 Å². The Balaban J connectivity index is 2.45. The predicted octanol–water partition coefficient (Wildman–Crippen LogP) is 1.06. The SMILES string of the molecule is CCS(=O)(=O)CC(C)(O)[C@H]1CCc2c(O)c(O)c(=O)cc(C)c2C1. The lowest BCUT2D eigenvalue weighted by Gasteiger charge is -2.36. The van der Waals surface area contributed by atoms with Gasteiger partial charge in [-0.25, -0.2) is 8.42 Å². The van der Waals surface area contributed by atoms with Crippen molar-refractivity contribution in [2.45, 2.75) is 45.6 Å². The van der Waals surface area contributed by atoms with Crippen molar-refractivity contribution in [2.24, 2.45) is 5.92 Å². The van der Waals surface area contributed by atoms with Crippen molar-refractivity contribution in [3.63, 3.8) is 0 Å². The van der Waals surface area contributed by atoms with Gasteiger partial charge in [0.05, 0.1) is 11.4 Å². The van der Waals surface area contributed by atoms with E-state index in [4.69, 9.17) is 0 Å². The van der Waals surface area contributed by atoms with Crippen LogP contribution in [0.4, 0.5) is 0 Å². The van der Waals surface area contributed by atoms with Crippen LogP contribution in [0.3, 0.4) is 0 Å². The molecule has 0 heterocycles. The molecule has 1 aromatic carbocycles. The lowest BCUT2D eigenvalue weighted by atomic mass is 9.75.